The van der Waals surface area contributed by atoms with Crippen LogP contribution in [0.3, 0.4) is 0 Å². The first kappa shape index (κ1) is 19.1. The highest BCUT2D eigenvalue weighted by Crippen LogP contribution is 2.30. The van der Waals surface area contributed by atoms with Gasteiger partial charge in [0.15, 0.2) is 22.4 Å². The maximum absolute atomic E-state index is 14.1. The number of hydrogen-bond donors (Lipinski definition) is 0. The molecule has 1 fully saturated rings. The van der Waals surface area contributed by atoms with Crippen molar-refractivity contribution < 1.29 is 17.8 Å². The molecule has 1 aliphatic heterocycles. The third-order valence-electron chi connectivity index (χ3n) is 4.98. The number of furan rings is 1. The second-order valence-corrected chi connectivity index (χ2v) is 8.30. The minimum Gasteiger partial charge on any atom is -0.444 e. The van der Waals surface area contributed by atoms with E-state index < -0.39 is 11.0 Å². The maximum Gasteiger partial charge on any atom is 0.206 e. The van der Waals surface area contributed by atoms with Crippen LogP contribution in [-0.2, 0) is 22.3 Å². The zero-order chi connectivity index (χ0) is 20.5. The Hall–Kier alpha value is -2.88. The third kappa shape index (κ3) is 3.55. The molecule has 0 bridgehead atoms. The molecule has 1 saturated heterocycles. The molecule has 30 heavy (non-hydrogen) atoms. The first-order chi connectivity index (χ1) is 14.7. The van der Waals surface area contributed by atoms with Crippen molar-refractivity contribution >= 4 is 22.0 Å². The van der Waals surface area contributed by atoms with Gasteiger partial charge >= 0.3 is 0 Å². The first-order valence-corrected chi connectivity index (χ1v) is 10.7. The minimum absolute atomic E-state index is 0.244. The monoisotopic (exact) mass is 426 g/mol. The lowest BCUT2D eigenvalue weighted by Crippen LogP contribution is -2.37. The molecule has 154 valence electrons. The van der Waals surface area contributed by atoms with Crippen molar-refractivity contribution in [1.29, 1.82) is 0 Å². The molecule has 1 atom stereocenters. The summed E-state index contributed by atoms with van der Waals surface area (Å²) in [5, 5.41) is 5.79. The van der Waals surface area contributed by atoms with Gasteiger partial charge in [0.1, 0.15) is 11.5 Å². The van der Waals surface area contributed by atoms with E-state index in [-0.39, 0.29) is 12.4 Å². The Morgan fingerprint density at radius 2 is 1.90 bits per heavy atom. The molecule has 9 heteroatoms. The number of fused-ring (bicyclic) bond motifs is 1. The van der Waals surface area contributed by atoms with E-state index >= 15 is 0 Å². The Kier molecular flexibility index (Phi) is 5.16. The average Bonchev–Trinajstić information content (AvgIpc) is 3.41. The fraction of sp³-hybridized carbons (Fsp3) is 0.238. The van der Waals surface area contributed by atoms with Crippen LogP contribution in [0.1, 0.15) is 5.56 Å². The SMILES string of the molecule is O=S(c1ccc(-c2nn(Cc3ccccc3F)c3ncccc23)o1)N1CCOCC1. The zero-order valence-electron chi connectivity index (χ0n) is 16.0. The lowest BCUT2D eigenvalue weighted by Gasteiger charge is -2.23. The predicted octanol–water partition coefficient (Wildman–Crippen LogP) is 3.23. The number of aromatic nitrogens is 3. The van der Waals surface area contributed by atoms with Crippen molar-refractivity contribution in [3.63, 3.8) is 0 Å². The molecular formula is C21H19FN4O3S. The number of morpholine rings is 1. The Morgan fingerprint density at radius 1 is 1.07 bits per heavy atom. The molecule has 1 aliphatic rings. The van der Waals surface area contributed by atoms with Gasteiger partial charge in [0.05, 0.1) is 25.1 Å². The number of halogens is 1. The Balaban J connectivity index is 1.50. The number of ether oxygens (including phenoxy) is 1. The molecule has 1 aromatic carbocycles. The van der Waals surface area contributed by atoms with E-state index in [0.717, 1.165) is 5.39 Å². The van der Waals surface area contributed by atoms with Gasteiger partial charge in [-0.25, -0.2) is 22.6 Å². The number of nitrogens with zero attached hydrogens (tertiary/aromatic N) is 4. The summed E-state index contributed by atoms with van der Waals surface area (Å²) in [5.41, 5.74) is 1.73. The quantitative estimate of drug-likeness (QED) is 0.490. The molecule has 0 radical (unpaired) electrons. The number of benzene rings is 1. The van der Waals surface area contributed by atoms with Gasteiger partial charge in [-0.2, -0.15) is 5.10 Å². The largest absolute Gasteiger partial charge is 0.444 e. The highest BCUT2D eigenvalue weighted by molar-refractivity contribution is 7.82. The molecule has 4 aromatic rings. The van der Waals surface area contributed by atoms with Crippen molar-refractivity contribution in [2.45, 2.75) is 11.6 Å². The molecular weight excluding hydrogens is 407 g/mol. The summed E-state index contributed by atoms with van der Waals surface area (Å²) in [6.45, 7) is 2.53. The first-order valence-electron chi connectivity index (χ1n) is 9.60. The summed E-state index contributed by atoms with van der Waals surface area (Å²) in [6.07, 6.45) is 1.67. The summed E-state index contributed by atoms with van der Waals surface area (Å²) in [4.78, 5) is 4.42. The van der Waals surface area contributed by atoms with Gasteiger partial charge in [0.2, 0.25) is 5.09 Å². The second-order valence-electron chi connectivity index (χ2n) is 6.88. The Labute approximate surface area is 174 Å². The van der Waals surface area contributed by atoms with Crippen molar-refractivity contribution in [1.82, 2.24) is 19.1 Å². The van der Waals surface area contributed by atoms with Crippen LogP contribution in [-0.4, -0.2) is 49.6 Å². The Morgan fingerprint density at radius 3 is 2.73 bits per heavy atom. The van der Waals surface area contributed by atoms with Crippen LogP contribution < -0.4 is 0 Å². The Bertz CT molecular complexity index is 1220. The smallest absolute Gasteiger partial charge is 0.206 e. The van der Waals surface area contributed by atoms with Crippen LogP contribution in [0.5, 0.6) is 0 Å². The highest BCUT2D eigenvalue weighted by Gasteiger charge is 2.23. The predicted molar refractivity (Wildman–Crippen MR) is 110 cm³/mol. The van der Waals surface area contributed by atoms with Gasteiger partial charge in [-0.15, -0.1) is 0 Å². The van der Waals surface area contributed by atoms with Gasteiger partial charge in [0, 0.05) is 24.8 Å². The molecule has 0 spiro atoms. The molecule has 0 N–H and O–H groups in total. The average molecular weight is 426 g/mol. The van der Waals surface area contributed by atoms with Crippen LogP contribution in [0.2, 0.25) is 0 Å². The fourth-order valence-electron chi connectivity index (χ4n) is 3.47. The summed E-state index contributed by atoms with van der Waals surface area (Å²) in [5.74, 6) is 0.205. The third-order valence-corrected chi connectivity index (χ3v) is 6.37. The van der Waals surface area contributed by atoms with Gasteiger partial charge in [-0.1, -0.05) is 18.2 Å². The topological polar surface area (TPSA) is 73.4 Å². The van der Waals surface area contributed by atoms with Gasteiger partial charge in [-0.05, 0) is 30.3 Å². The standard InChI is InChI=1S/C21H19FN4O3S/c22-17-6-2-1-4-15(17)14-26-21-16(5-3-9-23-21)20(24-26)18-7-8-19(29-18)30(27)25-10-12-28-13-11-25/h1-9H,10-14H2. The molecule has 7 nitrogen and oxygen atoms in total. The number of hydrogen-bond acceptors (Lipinski definition) is 5. The summed E-state index contributed by atoms with van der Waals surface area (Å²) < 4.78 is 41.7. The van der Waals surface area contributed by atoms with Crippen molar-refractivity contribution in [2.24, 2.45) is 0 Å². The molecule has 0 saturated carbocycles. The van der Waals surface area contributed by atoms with E-state index in [1.54, 1.807) is 41.2 Å². The maximum atomic E-state index is 14.1. The van der Waals surface area contributed by atoms with E-state index in [9.17, 15) is 8.60 Å². The fourth-order valence-corrected chi connectivity index (χ4v) is 4.55. The lowest BCUT2D eigenvalue weighted by atomic mass is 10.2. The van der Waals surface area contributed by atoms with Crippen molar-refractivity contribution in [2.75, 3.05) is 26.3 Å². The van der Waals surface area contributed by atoms with Crippen LogP contribution in [0.25, 0.3) is 22.5 Å². The van der Waals surface area contributed by atoms with Crippen LogP contribution in [0.4, 0.5) is 4.39 Å². The zero-order valence-corrected chi connectivity index (χ0v) is 16.8. The molecule has 1 unspecified atom stereocenters. The molecule has 0 amide bonds. The van der Waals surface area contributed by atoms with Gasteiger partial charge in [0.25, 0.3) is 0 Å². The van der Waals surface area contributed by atoms with E-state index in [1.165, 1.54) is 6.07 Å². The van der Waals surface area contributed by atoms with Crippen molar-refractivity contribution in [3.8, 4) is 11.5 Å². The van der Waals surface area contributed by atoms with E-state index in [1.807, 2.05) is 16.4 Å². The van der Waals surface area contributed by atoms with E-state index in [2.05, 4.69) is 10.1 Å². The highest BCUT2D eigenvalue weighted by atomic mass is 32.2. The van der Waals surface area contributed by atoms with E-state index in [4.69, 9.17) is 9.15 Å². The van der Waals surface area contributed by atoms with Crippen LogP contribution in [0, 0.1) is 5.82 Å². The molecule has 3 aromatic heterocycles. The lowest BCUT2D eigenvalue weighted by molar-refractivity contribution is 0.0747. The number of rotatable bonds is 5. The van der Waals surface area contributed by atoms with Crippen molar-refractivity contribution in [3.05, 3.63) is 66.1 Å². The molecule has 5 rings (SSSR count). The van der Waals surface area contributed by atoms with Crippen LogP contribution in [0.15, 0.2) is 64.2 Å². The summed E-state index contributed by atoms with van der Waals surface area (Å²) in [6, 6.07) is 13.8. The summed E-state index contributed by atoms with van der Waals surface area (Å²) in [7, 11) is -1.40. The second kappa shape index (κ2) is 8.10. The van der Waals surface area contributed by atoms with Crippen LogP contribution >= 0.6 is 0 Å². The summed E-state index contributed by atoms with van der Waals surface area (Å²) >= 11 is 0. The molecule has 0 aliphatic carbocycles. The van der Waals surface area contributed by atoms with Gasteiger partial charge in [-0.3, -0.25) is 0 Å². The molecule has 4 heterocycles. The minimum atomic E-state index is -1.40. The van der Waals surface area contributed by atoms with Gasteiger partial charge < -0.3 is 9.15 Å². The normalized spacial score (nSPS) is 16.2. The van der Waals surface area contributed by atoms with E-state index in [0.29, 0.717) is 54.1 Å². The number of pyridine rings is 1.